The molecule has 2 amide bonds. The third-order valence-electron chi connectivity index (χ3n) is 6.66. The Bertz CT molecular complexity index is 1170. The SMILES string of the molecule is COC(=O)[C@@H]1C[C@H](N(C)C(=O)/C=C/c2ccccc2)CN1C(=O)C(c1ccccc1)c1ccccc1. The average molecular weight is 483 g/mol. The van der Waals surface area contributed by atoms with Crippen molar-refractivity contribution in [2.75, 3.05) is 20.7 Å². The Labute approximate surface area is 211 Å². The van der Waals surface area contributed by atoms with Crippen molar-refractivity contribution < 1.29 is 19.1 Å². The number of carbonyl (C=O) groups excluding carboxylic acids is 3. The highest BCUT2D eigenvalue weighted by Gasteiger charge is 2.44. The maximum atomic E-state index is 14.0. The van der Waals surface area contributed by atoms with Crippen LogP contribution in [0.4, 0.5) is 0 Å². The molecule has 2 atom stereocenters. The van der Waals surface area contributed by atoms with Gasteiger partial charge in [-0.2, -0.15) is 0 Å². The molecule has 1 fully saturated rings. The molecule has 3 aromatic rings. The van der Waals surface area contributed by atoms with Gasteiger partial charge in [-0.3, -0.25) is 9.59 Å². The number of hydrogen-bond donors (Lipinski definition) is 0. The number of likely N-dealkylation sites (tertiary alicyclic amines) is 1. The molecular weight excluding hydrogens is 452 g/mol. The summed E-state index contributed by atoms with van der Waals surface area (Å²) < 4.78 is 5.05. The van der Waals surface area contributed by atoms with Crippen LogP contribution in [0.1, 0.15) is 29.0 Å². The Balaban J connectivity index is 1.59. The second-order valence-electron chi connectivity index (χ2n) is 8.87. The molecule has 0 aliphatic carbocycles. The van der Waals surface area contributed by atoms with Crippen LogP contribution in [0, 0.1) is 0 Å². The van der Waals surface area contributed by atoms with Crippen LogP contribution in [0.3, 0.4) is 0 Å². The molecule has 0 saturated carbocycles. The lowest BCUT2D eigenvalue weighted by atomic mass is 9.90. The monoisotopic (exact) mass is 482 g/mol. The van der Waals surface area contributed by atoms with Crippen LogP contribution in [0.15, 0.2) is 97.1 Å². The summed E-state index contributed by atoms with van der Waals surface area (Å²) in [5.41, 5.74) is 2.61. The Kier molecular flexibility index (Phi) is 7.95. The fourth-order valence-corrected chi connectivity index (χ4v) is 4.66. The average Bonchev–Trinajstić information content (AvgIpc) is 3.38. The molecule has 4 rings (SSSR count). The lowest BCUT2D eigenvalue weighted by Crippen LogP contribution is -2.44. The topological polar surface area (TPSA) is 66.9 Å². The van der Waals surface area contributed by atoms with Crippen LogP contribution in [-0.2, 0) is 19.1 Å². The highest BCUT2D eigenvalue weighted by Crippen LogP contribution is 2.32. The third kappa shape index (κ3) is 5.54. The number of carbonyl (C=O) groups is 3. The summed E-state index contributed by atoms with van der Waals surface area (Å²) in [5, 5.41) is 0. The van der Waals surface area contributed by atoms with Gasteiger partial charge >= 0.3 is 5.97 Å². The van der Waals surface area contributed by atoms with Crippen molar-refractivity contribution >= 4 is 23.9 Å². The molecule has 0 radical (unpaired) electrons. The van der Waals surface area contributed by atoms with Gasteiger partial charge in [0.2, 0.25) is 11.8 Å². The van der Waals surface area contributed by atoms with Crippen LogP contribution >= 0.6 is 0 Å². The number of hydrogen-bond acceptors (Lipinski definition) is 4. The van der Waals surface area contributed by atoms with E-state index in [1.54, 1.807) is 22.9 Å². The highest BCUT2D eigenvalue weighted by atomic mass is 16.5. The number of nitrogens with zero attached hydrogens (tertiary/aromatic N) is 2. The second-order valence-corrected chi connectivity index (χ2v) is 8.87. The van der Waals surface area contributed by atoms with Crippen molar-refractivity contribution in [3.63, 3.8) is 0 Å². The van der Waals surface area contributed by atoms with Crippen molar-refractivity contribution in [2.45, 2.75) is 24.4 Å². The van der Waals surface area contributed by atoms with Crippen LogP contribution in [0.25, 0.3) is 6.08 Å². The summed E-state index contributed by atoms with van der Waals surface area (Å²) in [5.74, 6) is -1.43. The largest absolute Gasteiger partial charge is 0.467 e. The first-order chi connectivity index (χ1) is 17.5. The van der Waals surface area contributed by atoms with Crippen LogP contribution in [-0.4, -0.2) is 60.4 Å². The number of methoxy groups -OCH3 is 1. The van der Waals surface area contributed by atoms with Crippen LogP contribution in [0.5, 0.6) is 0 Å². The van der Waals surface area contributed by atoms with Gasteiger partial charge in [0, 0.05) is 26.1 Å². The van der Waals surface area contributed by atoms with E-state index in [0.717, 1.165) is 16.7 Å². The zero-order valence-corrected chi connectivity index (χ0v) is 20.5. The minimum Gasteiger partial charge on any atom is -0.467 e. The molecule has 0 aromatic heterocycles. The van der Waals surface area contributed by atoms with Gasteiger partial charge in [0.05, 0.1) is 19.1 Å². The number of esters is 1. The van der Waals surface area contributed by atoms with Gasteiger partial charge in [-0.15, -0.1) is 0 Å². The van der Waals surface area contributed by atoms with Crippen molar-refractivity contribution in [1.29, 1.82) is 0 Å². The molecule has 1 aliphatic heterocycles. The quantitative estimate of drug-likeness (QED) is 0.375. The fourth-order valence-electron chi connectivity index (χ4n) is 4.66. The molecule has 0 N–H and O–H groups in total. The number of likely N-dealkylation sites (N-methyl/N-ethyl adjacent to an activating group) is 1. The Morgan fingerprint density at radius 3 is 1.94 bits per heavy atom. The molecule has 184 valence electrons. The molecule has 0 bridgehead atoms. The van der Waals surface area contributed by atoms with E-state index in [9.17, 15) is 14.4 Å². The number of rotatable bonds is 7. The summed E-state index contributed by atoms with van der Waals surface area (Å²) in [4.78, 5) is 42.9. The van der Waals surface area contributed by atoms with Gasteiger partial charge < -0.3 is 14.5 Å². The van der Waals surface area contributed by atoms with Gasteiger partial charge in [0.1, 0.15) is 6.04 Å². The van der Waals surface area contributed by atoms with Gasteiger partial charge in [0.25, 0.3) is 0 Å². The second kappa shape index (κ2) is 11.5. The summed E-state index contributed by atoms with van der Waals surface area (Å²) in [6.07, 6.45) is 3.59. The summed E-state index contributed by atoms with van der Waals surface area (Å²) in [6.45, 7) is 0.246. The van der Waals surface area contributed by atoms with Gasteiger partial charge in [-0.1, -0.05) is 91.0 Å². The number of amides is 2. The Morgan fingerprint density at radius 1 is 0.889 bits per heavy atom. The minimum absolute atomic E-state index is 0.189. The van der Waals surface area contributed by atoms with Crippen LogP contribution in [0.2, 0.25) is 0 Å². The van der Waals surface area contributed by atoms with E-state index < -0.39 is 17.9 Å². The zero-order chi connectivity index (χ0) is 25.5. The molecule has 0 unspecified atom stereocenters. The molecule has 1 saturated heterocycles. The smallest absolute Gasteiger partial charge is 0.328 e. The Hall–Kier alpha value is -4.19. The summed E-state index contributed by atoms with van der Waals surface area (Å²) in [7, 11) is 3.03. The first-order valence-electron chi connectivity index (χ1n) is 12.0. The van der Waals surface area contributed by atoms with Gasteiger partial charge in [0.15, 0.2) is 0 Å². The van der Waals surface area contributed by atoms with E-state index in [0.29, 0.717) is 6.42 Å². The van der Waals surface area contributed by atoms with E-state index in [2.05, 4.69) is 0 Å². The molecule has 6 nitrogen and oxygen atoms in total. The zero-order valence-electron chi connectivity index (χ0n) is 20.5. The summed E-state index contributed by atoms with van der Waals surface area (Å²) in [6, 6.07) is 27.5. The highest BCUT2D eigenvalue weighted by molar-refractivity contribution is 5.93. The van der Waals surface area contributed by atoms with E-state index in [1.165, 1.54) is 13.2 Å². The van der Waals surface area contributed by atoms with E-state index in [-0.39, 0.29) is 24.4 Å². The van der Waals surface area contributed by atoms with Crippen molar-refractivity contribution in [3.8, 4) is 0 Å². The molecule has 1 heterocycles. The Morgan fingerprint density at radius 2 is 1.42 bits per heavy atom. The lowest BCUT2D eigenvalue weighted by Gasteiger charge is -2.28. The van der Waals surface area contributed by atoms with Crippen molar-refractivity contribution in [2.24, 2.45) is 0 Å². The maximum Gasteiger partial charge on any atom is 0.328 e. The predicted molar refractivity (Wildman–Crippen MR) is 139 cm³/mol. The number of ether oxygens (including phenoxy) is 1. The third-order valence-corrected chi connectivity index (χ3v) is 6.66. The maximum absolute atomic E-state index is 14.0. The minimum atomic E-state index is -0.768. The lowest BCUT2D eigenvalue weighted by molar-refractivity contribution is -0.151. The van der Waals surface area contributed by atoms with Gasteiger partial charge in [-0.05, 0) is 22.8 Å². The fraction of sp³-hybridized carbons (Fsp3) is 0.233. The normalized spacial score (nSPS) is 17.4. The molecule has 0 spiro atoms. The molecule has 1 aliphatic rings. The van der Waals surface area contributed by atoms with Crippen LogP contribution < -0.4 is 0 Å². The standard InChI is InChI=1S/C30H30N2O4/c1-31(27(33)19-18-22-12-6-3-7-13-22)25-20-26(30(35)36-2)32(21-25)29(34)28(23-14-8-4-9-15-23)24-16-10-5-11-17-24/h3-19,25-26,28H,20-21H2,1-2H3/b19-18+/t25-,26-/m0/s1. The molecule has 3 aromatic carbocycles. The summed E-state index contributed by atoms with van der Waals surface area (Å²) >= 11 is 0. The molecule has 6 heteroatoms. The number of benzene rings is 3. The van der Waals surface area contributed by atoms with Crippen molar-refractivity contribution in [3.05, 3.63) is 114 Å². The first kappa shape index (κ1) is 24.9. The molecule has 36 heavy (non-hydrogen) atoms. The van der Waals surface area contributed by atoms with E-state index in [4.69, 9.17) is 4.74 Å². The predicted octanol–water partition coefficient (Wildman–Crippen LogP) is 4.13. The molecular formula is C30H30N2O4. The van der Waals surface area contributed by atoms with Crippen molar-refractivity contribution in [1.82, 2.24) is 9.80 Å². The first-order valence-corrected chi connectivity index (χ1v) is 12.0. The van der Waals surface area contributed by atoms with E-state index in [1.807, 2.05) is 91.0 Å². The van der Waals surface area contributed by atoms with Gasteiger partial charge in [-0.25, -0.2) is 4.79 Å². The van der Waals surface area contributed by atoms with E-state index >= 15 is 0 Å².